The second-order valence-electron chi connectivity index (χ2n) is 2.21. The second-order valence-corrected chi connectivity index (χ2v) is 2.21. The van der Waals surface area contributed by atoms with Crippen LogP contribution < -0.4 is 5.73 Å². The van der Waals surface area contributed by atoms with Crippen molar-refractivity contribution in [3.63, 3.8) is 0 Å². The molecule has 0 aliphatic carbocycles. The highest BCUT2D eigenvalue weighted by atomic mass is 35.5. The van der Waals surface area contributed by atoms with Crippen LogP contribution >= 0.6 is 12.4 Å². The van der Waals surface area contributed by atoms with Gasteiger partial charge in [-0.3, -0.25) is 4.79 Å². The van der Waals surface area contributed by atoms with Crippen LogP contribution in [0, 0.1) is 0 Å². The first kappa shape index (κ1) is 14.5. The molecule has 13 heavy (non-hydrogen) atoms. The summed E-state index contributed by atoms with van der Waals surface area (Å²) in [4.78, 5) is 20.8. The first-order valence-electron chi connectivity index (χ1n) is 3.30. The molecule has 0 aromatic carbocycles. The van der Waals surface area contributed by atoms with Gasteiger partial charge in [0.2, 0.25) is 0 Å². The van der Waals surface area contributed by atoms with Gasteiger partial charge in [-0.1, -0.05) is 6.58 Å². The van der Waals surface area contributed by atoms with Crippen LogP contribution in [-0.4, -0.2) is 29.2 Å². The van der Waals surface area contributed by atoms with Gasteiger partial charge >= 0.3 is 11.9 Å². The van der Waals surface area contributed by atoms with Crippen LogP contribution in [0.1, 0.15) is 6.92 Å². The third-order valence-corrected chi connectivity index (χ3v) is 1.26. The van der Waals surface area contributed by atoms with Gasteiger partial charge < -0.3 is 15.6 Å². The van der Waals surface area contributed by atoms with E-state index in [0.717, 1.165) is 6.08 Å². The van der Waals surface area contributed by atoms with Crippen LogP contribution in [0.4, 0.5) is 0 Å². The number of hydrogen-bond acceptors (Lipinski definition) is 4. The number of hydrogen-bond donors (Lipinski definition) is 2. The van der Waals surface area contributed by atoms with Gasteiger partial charge in [-0.15, -0.1) is 12.4 Å². The number of halogens is 1. The number of carboxylic acid groups (broad SMARTS) is 1. The molecule has 0 rings (SSSR count). The fourth-order valence-electron chi connectivity index (χ4n) is 0.505. The molecule has 0 heterocycles. The highest BCUT2D eigenvalue weighted by Gasteiger charge is 2.22. The van der Waals surface area contributed by atoms with E-state index < -0.39 is 24.1 Å². The number of carboxylic acids is 1. The molecule has 0 aromatic heterocycles. The summed E-state index contributed by atoms with van der Waals surface area (Å²) in [6, 6.07) is -1.20. The van der Waals surface area contributed by atoms with Gasteiger partial charge in [0.1, 0.15) is 12.1 Å². The number of esters is 1. The highest BCUT2D eigenvalue weighted by molar-refractivity contribution is 5.85. The SMILES string of the molecule is C=CC(=O)O[C@H](C)[C@H](N)C(=O)O.Cl. The first-order valence-corrected chi connectivity index (χ1v) is 3.30. The standard InChI is InChI=1S/C7H11NO4.ClH/c1-3-5(9)12-4(2)6(8)7(10)11;/h3-4,6H,1,8H2,2H3,(H,10,11);1H/t4-,6+;/m1./s1. The zero-order chi connectivity index (χ0) is 9.72. The van der Waals surface area contributed by atoms with Crippen LogP contribution in [-0.2, 0) is 14.3 Å². The molecular formula is C7H12ClNO4. The Kier molecular flexibility index (Phi) is 7.17. The Morgan fingerprint density at radius 3 is 2.38 bits per heavy atom. The molecule has 0 aromatic rings. The Labute approximate surface area is 82.0 Å². The zero-order valence-electron chi connectivity index (χ0n) is 7.10. The first-order chi connectivity index (χ1) is 5.49. The van der Waals surface area contributed by atoms with Gasteiger partial charge in [0, 0.05) is 6.08 Å². The molecule has 76 valence electrons. The average molecular weight is 210 g/mol. The summed E-state index contributed by atoms with van der Waals surface area (Å²) in [5.74, 6) is -1.89. The van der Waals surface area contributed by atoms with E-state index >= 15 is 0 Å². The van der Waals surface area contributed by atoms with Crippen molar-refractivity contribution in [1.82, 2.24) is 0 Å². The molecule has 0 radical (unpaired) electrons. The van der Waals surface area contributed by atoms with E-state index in [9.17, 15) is 9.59 Å². The molecule has 6 heteroatoms. The molecule has 2 atom stereocenters. The molecule has 0 fully saturated rings. The second kappa shape index (κ2) is 6.45. The van der Waals surface area contributed by atoms with Crippen LogP contribution in [0.15, 0.2) is 12.7 Å². The van der Waals surface area contributed by atoms with E-state index in [1.165, 1.54) is 6.92 Å². The lowest BCUT2D eigenvalue weighted by Crippen LogP contribution is -2.42. The Morgan fingerprint density at radius 2 is 2.08 bits per heavy atom. The molecule has 0 unspecified atom stereocenters. The third-order valence-electron chi connectivity index (χ3n) is 1.26. The summed E-state index contributed by atoms with van der Waals surface area (Å²) in [5, 5.41) is 8.40. The monoisotopic (exact) mass is 209 g/mol. The van der Waals surface area contributed by atoms with E-state index in [4.69, 9.17) is 10.8 Å². The normalized spacial score (nSPS) is 13.4. The number of carbonyl (C=O) groups is 2. The Bertz CT molecular complexity index is 207. The fourth-order valence-corrected chi connectivity index (χ4v) is 0.505. The minimum atomic E-state index is -1.21. The molecule has 5 nitrogen and oxygen atoms in total. The molecule has 0 saturated carbocycles. The number of ether oxygens (including phenoxy) is 1. The Balaban J connectivity index is 0. The minimum absolute atomic E-state index is 0. The summed E-state index contributed by atoms with van der Waals surface area (Å²) < 4.78 is 4.56. The molecular weight excluding hydrogens is 198 g/mol. The average Bonchev–Trinajstić information content (AvgIpc) is 2.02. The lowest BCUT2D eigenvalue weighted by Gasteiger charge is -2.15. The van der Waals surface area contributed by atoms with E-state index in [1.54, 1.807) is 0 Å². The van der Waals surface area contributed by atoms with Crippen molar-refractivity contribution in [1.29, 1.82) is 0 Å². The maximum atomic E-state index is 10.6. The van der Waals surface area contributed by atoms with Gasteiger partial charge in [-0.2, -0.15) is 0 Å². The molecule has 0 spiro atoms. The highest BCUT2D eigenvalue weighted by Crippen LogP contribution is 1.97. The van der Waals surface area contributed by atoms with Crippen molar-refractivity contribution in [2.75, 3.05) is 0 Å². The van der Waals surface area contributed by atoms with Crippen molar-refractivity contribution in [3.05, 3.63) is 12.7 Å². The van der Waals surface area contributed by atoms with E-state index in [0.29, 0.717) is 0 Å². The van der Waals surface area contributed by atoms with Gasteiger partial charge in [-0.05, 0) is 6.92 Å². The zero-order valence-corrected chi connectivity index (χ0v) is 7.91. The Morgan fingerprint density at radius 1 is 1.62 bits per heavy atom. The van der Waals surface area contributed by atoms with E-state index in [2.05, 4.69) is 11.3 Å². The predicted molar refractivity (Wildman–Crippen MR) is 48.6 cm³/mol. The fraction of sp³-hybridized carbons (Fsp3) is 0.429. The summed E-state index contributed by atoms with van der Waals surface area (Å²) in [6.45, 7) is 4.56. The van der Waals surface area contributed by atoms with Gasteiger partial charge in [0.05, 0.1) is 0 Å². The molecule has 0 aliphatic heterocycles. The summed E-state index contributed by atoms with van der Waals surface area (Å²) >= 11 is 0. The molecule has 0 aliphatic rings. The number of nitrogens with two attached hydrogens (primary N) is 1. The van der Waals surface area contributed by atoms with Crippen molar-refractivity contribution >= 4 is 24.3 Å². The lowest BCUT2D eigenvalue weighted by molar-refractivity contribution is -0.149. The summed E-state index contributed by atoms with van der Waals surface area (Å²) in [6.07, 6.45) is 0.0958. The third kappa shape index (κ3) is 5.21. The van der Waals surface area contributed by atoms with Crippen LogP contribution in [0.2, 0.25) is 0 Å². The quantitative estimate of drug-likeness (QED) is 0.500. The van der Waals surface area contributed by atoms with Crippen LogP contribution in [0.5, 0.6) is 0 Å². The molecule has 3 N–H and O–H groups in total. The van der Waals surface area contributed by atoms with Gasteiger partial charge in [0.25, 0.3) is 0 Å². The van der Waals surface area contributed by atoms with E-state index in [1.807, 2.05) is 0 Å². The van der Waals surface area contributed by atoms with Crippen LogP contribution in [0.3, 0.4) is 0 Å². The predicted octanol–water partition coefficient (Wildman–Crippen LogP) is -0.0622. The lowest BCUT2D eigenvalue weighted by atomic mass is 10.2. The minimum Gasteiger partial charge on any atom is -0.480 e. The van der Waals surface area contributed by atoms with Crippen molar-refractivity contribution in [2.24, 2.45) is 5.73 Å². The maximum Gasteiger partial charge on any atom is 0.330 e. The summed E-state index contributed by atoms with van der Waals surface area (Å²) in [5.41, 5.74) is 5.15. The van der Waals surface area contributed by atoms with Crippen LogP contribution in [0.25, 0.3) is 0 Å². The van der Waals surface area contributed by atoms with E-state index in [-0.39, 0.29) is 12.4 Å². The van der Waals surface area contributed by atoms with Gasteiger partial charge in [0.15, 0.2) is 0 Å². The van der Waals surface area contributed by atoms with Crippen molar-refractivity contribution in [3.8, 4) is 0 Å². The molecule has 0 bridgehead atoms. The number of aliphatic carboxylic acids is 1. The summed E-state index contributed by atoms with van der Waals surface area (Å²) in [7, 11) is 0. The number of rotatable bonds is 4. The maximum absolute atomic E-state index is 10.6. The Hall–Kier alpha value is -1.07. The number of carbonyl (C=O) groups excluding carboxylic acids is 1. The topological polar surface area (TPSA) is 89.6 Å². The smallest absolute Gasteiger partial charge is 0.330 e. The van der Waals surface area contributed by atoms with Crippen molar-refractivity contribution in [2.45, 2.75) is 19.1 Å². The molecule has 0 amide bonds. The largest absolute Gasteiger partial charge is 0.480 e. The van der Waals surface area contributed by atoms with Crippen molar-refractivity contribution < 1.29 is 19.4 Å². The van der Waals surface area contributed by atoms with Gasteiger partial charge in [-0.25, -0.2) is 4.79 Å². The molecule has 0 saturated heterocycles.